The van der Waals surface area contributed by atoms with Crippen molar-refractivity contribution in [3.63, 3.8) is 0 Å². The molecule has 6 rings (SSSR count). The average Bonchev–Trinajstić information content (AvgIpc) is 3.46. The van der Waals surface area contributed by atoms with Crippen molar-refractivity contribution in [2.24, 2.45) is 28.6 Å². The zero-order valence-corrected chi connectivity index (χ0v) is 30.7. The minimum atomic E-state index is 0. The van der Waals surface area contributed by atoms with Crippen LogP contribution in [0.3, 0.4) is 0 Å². The molecule has 1 N–H and O–H groups in total. The van der Waals surface area contributed by atoms with Crippen LogP contribution in [-0.4, -0.2) is 116 Å². The van der Waals surface area contributed by atoms with E-state index in [1.54, 1.807) is 18.8 Å². The lowest BCUT2D eigenvalue weighted by atomic mass is 9.78. The number of nitrogens with one attached hydrogen (secondary N) is 1. The molecule has 2 saturated carbocycles. The number of methoxy groups -OCH3 is 1. The summed E-state index contributed by atoms with van der Waals surface area (Å²) in [6.45, 7) is 15.0. The van der Waals surface area contributed by atoms with Crippen LogP contribution in [0.2, 0.25) is 0 Å². The highest BCUT2D eigenvalue weighted by Crippen LogP contribution is 2.54. The molecule has 1 aromatic rings. The van der Waals surface area contributed by atoms with Crippen LogP contribution in [0.15, 0.2) is 11.7 Å². The van der Waals surface area contributed by atoms with Crippen LogP contribution in [0.25, 0.3) is 0 Å². The third kappa shape index (κ3) is 10.7. The number of amides is 4. The number of nitrogens with zero attached hydrogens (tertiary/aromatic N) is 4. The summed E-state index contributed by atoms with van der Waals surface area (Å²) in [5.74, 6) is 1.93. The number of thiazole rings is 1. The molecule has 0 radical (unpaired) electrons. The summed E-state index contributed by atoms with van der Waals surface area (Å²) in [5.41, 5.74) is 2.04. The van der Waals surface area contributed by atoms with E-state index in [4.69, 9.17) is 9.47 Å². The zero-order chi connectivity index (χ0) is 34.7. The van der Waals surface area contributed by atoms with E-state index in [0.29, 0.717) is 16.7 Å². The molecule has 0 bridgehead atoms. The molecule has 1 spiro atoms. The predicted octanol–water partition coefficient (Wildman–Crippen LogP) is 4.72. The van der Waals surface area contributed by atoms with Crippen LogP contribution in [0.5, 0.6) is 0 Å². The Bertz CT molecular complexity index is 1170. The lowest BCUT2D eigenvalue weighted by Crippen LogP contribution is -2.60. The van der Waals surface area contributed by atoms with Gasteiger partial charge in [0.15, 0.2) is 0 Å². The Balaban J connectivity index is 0.000000211. The molecule has 0 aromatic carbocycles. The maximum Gasteiger partial charge on any atom is 0.265 e. The Morgan fingerprint density at radius 1 is 1.04 bits per heavy atom. The van der Waals surface area contributed by atoms with Crippen molar-refractivity contribution < 1.29 is 30.1 Å². The molecule has 4 heterocycles. The van der Waals surface area contributed by atoms with Gasteiger partial charge in [-0.3, -0.25) is 24.2 Å². The van der Waals surface area contributed by atoms with Crippen molar-refractivity contribution in [2.75, 3.05) is 59.6 Å². The second-order valence-corrected chi connectivity index (χ2v) is 16.3. The second kappa shape index (κ2) is 17.9. The normalized spacial score (nSPS) is 25.4. The van der Waals surface area contributed by atoms with E-state index in [9.17, 15) is 19.2 Å². The highest BCUT2D eigenvalue weighted by atomic mass is 32.1. The van der Waals surface area contributed by atoms with Gasteiger partial charge in [-0.2, -0.15) is 0 Å². The molecule has 11 nitrogen and oxygen atoms in total. The fourth-order valence-electron chi connectivity index (χ4n) is 7.47. The van der Waals surface area contributed by atoms with Gasteiger partial charge in [0.2, 0.25) is 18.7 Å². The van der Waals surface area contributed by atoms with Crippen LogP contribution in [0.1, 0.15) is 96.6 Å². The maximum absolute atomic E-state index is 12.4. The smallest absolute Gasteiger partial charge is 0.265 e. The van der Waals surface area contributed by atoms with Gasteiger partial charge < -0.3 is 29.5 Å². The number of ether oxygens (including phenoxy) is 2. The average molecular weight is 692 g/mol. The lowest BCUT2D eigenvalue weighted by molar-refractivity contribution is -0.144. The molecule has 3 saturated heterocycles. The molecule has 4 amide bonds. The molecule has 4 atom stereocenters. The molecule has 5 aliphatic rings. The monoisotopic (exact) mass is 691 g/mol. The molecule has 1 aromatic heterocycles. The summed E-state index contributed by atoms with van der Waals surface area (Å²) in [7, 11) is 1.71. The first-order valence-corrected chi connectivity index (χ1v) is 18.8. The second-order valence-electron chi connectivity index (χ2n) is 15.5. The molecular formula is C36H61N5O6S. The largest absolute Gasteiger partial charge is 0.384 e. The summed E-state index contributed by atoms with van der Waals surface area (Å²) < 4.78 is 10.8. The van der Waals surface area contributed by atoms with E-state index in [-0.39, 0.29) is 36.2 Å². The van der Waals surface area contributed by atoms with E-state index < -0.39 is 0 Å². The number of carbonyl (C=O) groups excluding carboxylic acids is 4. The maximum atomic E-state index is 12.4. The number of hydrogen-bond donors (Lipinski definition) is 1. The fraction of sp³-hybridized carbons (Fsp3) is 0.806. The Kier molecular flexibility index (Phi) is 14.3. The SMILES string of the molecule is CC1(C)C[C@@H]1C(=O)N1CC2(CCN(C(=O)c3cncs3)C2)C1.COC[C@H]1CCCN(C=O)C1.C[C@@H](NC=O)[C@@H](C)OCC1CCCCC1.[HH]. The summed E-state index contributed by atoms with van der Waals surface area (Å²) in [5, 5.41) is 2.73. The van der Waals surface area contributed by atoms with E-state index in [1.165, 1.54) is 49.9 Å². The number of aromatic nitrogens is 1. The quantitative estimate of drug-likeness (QED) is 0.334. The number of piperidine rings is 1. The minimum absolute atomic E-state index is 0. The third-order valence-corrected chi connectivity index (χ3v) is 11.8. The zero-order valence-electron chi connectivity index (χ0n) is 29.9. The first-order chi connectivity index (χ1) is 23.0. The van der Waals surface area contributed by atoms with Crippen molar-refractivity contribution in [1.82, 2.24) is 25.0 Å². The number of likely N-dealkylation sites (tertiary alicyclic amines) is 3. The molecule has 12 heteroatoms. The Labute approximate surface area is 293 Å². The van der Waals surface area contributed by atoms with Crippen LogP contribution in [0.4, 0.5) is 0 Å². The number of carbonyl (C=O) groups is 4. The first-order valence-electron chi connectivity index (χ1n) is 18.0. The summed E-state index contributed by atoms with van der Waals surface area (Å²) in [4.78, 5) is 55.9. The van der Waals surface area contributed by atoms with E-state index in [0.717, 1.165) is 90.5 Å². The van der Waals surface area contributed by atoms with Crippen LogP contribution in [-0.2, 0) is 23.9 Å². The summed E-state index contributed by atoms with van der Waals surface area (Å²) in [6.07, 6.45) is 14.5. The van der Waals surface area contributed by atoms with Crippen molar-refractivity contribution in [3.8, 4) is 0 Å². The molecule has 5 fully saturated rings. The van der Waals surface area contributed by atoms with Gasteiger partial charge >= 0.3 is 0 Å². The van der Waals surface area contributed by atoms with Gasteiger partial charge in [-0.25, -0.2) is 0 Å². The van der Waals surface area contributed by atoms with E-state index in [1.807, 2.05) is 28.5 Å². The number of rotatable bonds is 11. The first kappa shape index (κ1) is 38.2. The van der Waals surface area contributed by atoms with Crippen LogP contribution >= 0.6 is 11.3 Å². The summed E-state index contributed by atoms with van der Waals surface area (Å²) in [6, 6.07) is 0.103. The van der Waals surface area contributed by atoms with Crippen molar-refractivity contribution in [1.29, 1.82) is 0 Å². The van der Waals surface area contributed by atoms with Gasteiger partial charge in [-0.15, -0.1) is 11.3 Å². The number of hydrogen-bond acceptors (Lipinski definition) is 8. The van der Waals surface area contributed by atoms with Crippen LogP contribution < -0.4 is 5.32 Å². The molecule has 0 unspecified atom stereocenters. The third-order valence-electron chi connectivity index (χ3n) is 11.0. The fourth-order valence-corrected chi connectivity index (χ4v) is 8.05. The Morgan fingerprint density at radius 3 is 2.33 bits per heavy atom. The molecular weight excluding hydrogens is 630 g/mol. The van der Waals surface area contributed by atoms with Crippen molar-refractivity contribution >= 4 is 36.0 Å². The van der Waals surface area contributed by atoms with E-state index in [2.05, 4.69) is 24.1 Å². The Morgan fingerprint density at radius 2 is 1.73 bits per heavy atom. The molecule has 2 aliphatic carbocycles. The lowest BCUT2D eigenvalue weighted by Gasteiger charge is -2.48. The van der Waals surface area contributed by atoms with E-state index >= 15 is 0 Å². The highest BCUT2D eigenvalue weighted by Gasteiger charge is 2.57. The minimum Gasteiger partial charge on any atom is -0.384 e. The standard InChI is InChI=1S/C16H21N3O2S.C12H23NO2.C8H15NO2.H2/c1-15(2)5-11(15)13(20)19-8-16(9-19)3-4-18(7-16)14(21)12-6-17-10-22-12;1-10(13-9-14)11(2)15-8-12-6-4-3-5-7-12;1-11-6-8-3-2-4-9(5-8)7-10;/h6,10-11H,3-5,7-9H2,1-2H3;9-12H,3-8H2,1-2H3,(H,13,14);7-8H,2-6H2,1H3;1H/t11-;10-,11-;8-;/m110./s1. The topological polar surface area (TPSA) is 121 Å². The Hall–Kier alpha value is -2.57. The van der Waals surface area contributed by atoms with Gasteiger partial charge in [0, 0.05) is 65.7 Å². The van der Waals surface area contributed by atoms with Gasteiger partial charge in [-0.1, -0.05) is 33.1 Å². The molecule has 272 valence electrons. The van der Waals surface area contributed by atoms with Crippen molar-refractivity contribution in [2.45, 2.75) is 97.6 Å². The van der Waals surface area contributed by atoms with Gasteiger partial charge in [0.1, 0.15) is 4.88 Å². The summed E-state index contributed by atoms with van der Waals surface area (Å²) >= 11 is 1.39. The van der Waals surface area contributed by atoms with Gasteiger partial charge in [-0.05, 0) is 69.6 Å². The van der Waals surface area contributed by atoms with Crippen molar-refractivity contribution in [3.05, 3.63) is 16.6 Å². The predicted molar refractivity (Wildman–Crippen MR) is 189 cm³/mol. The van der Waals surface area contributed by atoms with Gasteiger partial charge in [0.25, 0.3) is 5.91 Å². The highest BCUT2D eigenvalue weighted by molar-refractivity contribution is 7.11. The molecule has 3 aliphatic heterocycles. The van der Waals surface area contributed by atoms with Gasteiger partial charge in [0.05, 0.1) is 30.5 Å². The molecule has 48 heavy (non-hydrogen) atoms. The van der Waals surface area contributed by atoms with Crippen LogP contribution in [0, 0.1) is 28.6 Å².